The van der Waals surface area contributed by atoms with Crippen molar-refractivity contribution < 1.29 is 9.59 Å². The van der Waals surface area contributed by atoms with Gasteiger partial charge in [-0.05, 0) is 65.8 Å². The van der Waals surface area contributed by atoms with Crippen LogP contribution < -0.4 is 5.32 Å². The molecule has 202 valence electrons. The van der Waals surface area contributed by atoms with Crippen molar-refractivity contribution in [3.05, 3.63) is 100 Å². The zero-order valence-corrected chi connectivity index (χ0v) is 23.3. The summed E-state index contributed by atoms with van der Waals surface area (Å²) in [7, 11) is 0. The Morgan fingerprint density at radius 2 is 1.90 bits per heavy atom. The Morgan fingerprint density at radius 1 is 1.05 bits per heavy atom. The number of aryl methyl sites for hydroxylation is 1. The first-order chi connectivity index (χ1) is 19.2. The number of nitrogens with one attached hydrogen (secondary N) is 1. The van der Waals surface area contributed by atoms with Crippen LogP contribution in [0.3, 0.4) is 0 Å². The number of aromatic nitrogens is 2. The van der Waals surface area contributed by atoms with Gasteiger partial charge in [0, 0.05) is 53.7 Å². The number of amides is 2. The van der Waals surface area contributed by atoms with E-state index in [2.05, 4.69) is 63.7 Å². The van der Waals surface area contributed by atoms with Crippen LogP contribution in [-0.2, 0) is 40.8 Å². The molecule has 3 aliphatic rings. The Labute approximate surface area is 234 Å². The van der Waals surface area contributed by atoms with Crippen molar-refractivity contribution in [3.8, 4) is 0 Å². The highest BCUT2D eigenvalue weighted by Crippen LogP contribution is 2.46. The summed E-state index contributed by atoms with van der Waals surface area (Å²) < 4.78 is 0. The smallest absolute Gasteiger partial charge is 0.237 e. The van der Waals surface area contributed by atoms with Gasteiger partial charge >= 0.3 is 0 Å². The van der Waals surface area contributed by atoms with Crippen LogP contribution >= 0.6 is 0 Å². The summed E-state index contributed by atoms with van der Waals surface area (Å²) in [6.45, 7) is 7.29. The van der Waals surface area contributed by atoms with Crippen LogP contribution in [0, 0.1) is 5.41 Å². The van der Waals surface area contributed by atoms with E-state index in [1.54, 1.807) is 6.20 Å². The number of benzene rings is 2. The van der Waals surface area contributed by atoms with Crippen molar-refractivity contribution in [2.24, 2.45) is 5.41 Å². The fraction of sp³-hybridized carbons (Fsp3) is 0.353. The molecule has 0 unspecified atom stereocenters. The number of fused-ring (bicyclic) bond motifs is 5. The van der Waals surface area contributed by atoms with Crippen molar-refractivity contribution in [2.45, 2.75) is 64.3 Å². The second kappa shape index (κ2) is 8.98. The van der Waals surface area contributed by atoms with E-state index in [0.29, 0.717) is 31.1 Å². The molecule has 0 saturated heterocycles. The van der Waals surface area contributed by atoms with Crippen molar-refractivity contribution in [1.29, 1.82) is 0 Å². The molecule has 40 heavy (non-hydrogen) atoms. The quantitative estimate of drug-likeness (QED) is 0.366. The second-order valence-electron chi connectivity index (χ2n) is 12.8. The first kappa shape index (κ1) is 24.9. The van der Waals surface area contributed by atoms with Crippen LogP contribution in [-0.4, -0.2) is 33.2 Å². The molecular formula is C34H34N4O2. The van der Waals surface area contributed by atoms with Crippen molar-refractivity contribution in [2.75, 3.05) is 11.9 Å². The molecule has 2 aromatic carbocycles. The van der Waals surface area contributed by atoms with E-state index in [9.17, 15) is 9.59 Å². The average molecular weight is 531 g/mol. The van der Waals surface area contributed by atoms with Gasteiger partial charge in [-0.25, -0.2) is 4.98 Å². The molecule has 1 N–H and O–H groups in total. The molecule has 0 radical (unpaired) electrons. The molecule has 4 aromatic rings. The van der Waals surface area contributed by atoms with Crippen LogP contribution in [0.5, 0.6) is 0 Å². The van der Waals surface area contributed by atoms with Crippen molar-refractivity contribution >= 4 is 28.5 Å². The monoisotopic (exact) mass is 530 g/mol. The third-order valence-corrected chi connectivity index (χ3v) is 9.00. The number of hydrogen-bond donors (Lipinski definition) is 1. The van der Waals surface area contributed by atoms with Gasteiger partial charge in [0.15, 0.2) is 0 Å². The molecule has 3 heterocycles. The predicted molar refractivity (Wildman–Crippen MR) is 156 cm³/mol. The first-order valence-electron chi connectivity index (χ1n) is 14.3. The summed E-state index contributed by atoms with van der Waals surface area (Å²) in [5, 5.41) is 4.03. The molecule has 0 bridgehead atoms. The second-order valence-corrected chi connectivity index (χ2v) is 12.8. The van der Waals surface area contributed by atoms with Crippen LogP contribution in [0.4, 0.5) is 5.82 Å². The maximum atomic E-state index is 13.6. The molecule has 1 aliphatic heterocycles. The Bertz CT molecular complexity index is 1690. The summed E-state index contributed by atoms with van der Waals surface area (Å²) in [6.07, 6.45) is 5.07. The molecule has 0 saturated carbocycles. The number of pyridine rings is 2. The van der Waals surface area contributed by atoms with E-state index in [0.717, 1.165) is 52.7 Å². The largest absolute Gasteiger partial charge is 0.337 e. The fourth-order valence-electron chi connectivity index (χ4n) is 6.99. The number of rotatable bonds is 4. The molecule has 2 aliphatic carbocycles. The number of carbonyl (C=O) groups is 2. The van der Waals surface area contributed by atoms with Gasteiger partial charge in [0.2, 0.25) is 11.8 Å². The lowest BCUT2D eigenvalue weighted by Gasteiger charge is -2.32. The molecule has 2 atom stereocenters. The van der Waals surface area contributed by atoms with E-state index >= 15 is 0 Å². The van der Waals surface area contributed by atoms with E-state index < -0.39 is 10.8 Å². The van der Waals surface area contributed by atoms with E-state index in [1.165, 1.54) is 11.1 Å². The fourth-order valence-corrected chi connectivity index (χ4v) is 6.99. The number of anilines is 1. The summed E-state index contributed by atoms with van der Waals surface area (Å²) >= 11 is 0. The number of carbonyl (C=O) groups excluding carboxylic acids is 2. The van der Waals surface area contributed by atoms with Crippen LogP contribution in [0.2, 0.25) is 0 Å². The third-order valence-electron chi connectivity index (χ3n) is 9.00. The van der Waals surface area contributed by atoms with Gasteiger partial charge in [0.25, 0.3) is 0 Å². The standard InChI is InChI=1S/C34H34N4O2/c1-33(2,3)32(40)38(20-23-12-11-22-7-4-5-8-26(22)23)19-21-10-13-28-24(15-21)16-25-17-34(18-29(25)36-28)27-9-6-14-35-30(27)37-31(34)39/h4-10,13-16,23H,11-12,17-20H2,1-3H3,(H,35,37,39)/t23-,34-/m0/s1. The molecule has 2 amide bonds. The number of hydrogen-bond acceptors (Lipinski definition) is 4. The number of nitrogens with zero attached hydrogens (tertiary/aromatic N) is 3. The van der Waals surface area contributed by atoms with E-state index in [-0.39, 0.29) is 11.8 Å². The normalized spacial score (nSPS) is 20.9. The van der Waals surface area contributed by atoms with E-state index in [4.69, 9.17) is 4.98 Å². The lowest BCUT2D eigenvalue weighted by atomic mass is 9.80. The maximum Gasteiger partial charge on any atom is 0.237 e. The Hall–Kier alpha value is -4.06. The van der Waals surface area contributed by atoms with Crippen LogP contribution in [0.25, 0.3) is 10.9 Å². The zero-order valence-electron chi connectivity index (χ0n) is 23.3. The highest BCUT2D eigenvalue weighted by molar-refractivity contribution is 6.06. The van der Waals surface area contributed by atoms with Crippen molar-refractivity contribution in [1.82, 2.24) is 14.9 Å². The van der Waals surface area contributed by atoms with Gasteiger partial charge in [-0.1, -0.05) is 57.2 Å². The molecule has 7 rings (SSSR count). The summed E-state index contributed by atoms with van der Waals surface area (Å²) in [5.74, 6) is 1.21. The first-order valence-corrected chi connectivity index (χ1v) is 14.3. The summed E-state index contributed by atoms with van der Waals surface area (Å²) in [4.78, 5) is 38.2. The van der Waals surface area contributed by atoms with Crippen LogP contribution in [0.1, 0.15) is 66.6 Å². The SMILES string of the molecule is CC(C)(C)C(=O)N(Cc1ccc2nc3c(cc2c1)C[C@@]1(C3)C(=O)Nc2ncccc21)C[C@@H]1CCc2ccccc21. The predicted octanol–water partition coefficient (Wildman–Crippen LogP) is 5.72. The molecule has 6 heteroatoms. The topological polar surface area (TPSA) is 75.2 Å². The Morgan fingerprint density at radius 3 is 2.75 bits per heavy atom. The zero-order chi connectivity index (χ0) is 27.6. The lowest BCUT2D eigenvalue weighted by molar-refractivity contribution is -0.140. The average Bonchev–Trinajstić information content (AvgIpc) is 3.60. The van der Waals surface area contributed by atoms with Gasteiger partial charge in [-0.2, -0.15) is 0 Å². The third kappa shape index (κ3) is 4.00. The van der Waals surface area contributed by atoms with Gasteiger partial charge in [0.1, 0.15) is 5.82 Å². The molecule has 2 aromatic heterocycles. The molecule has 0 fully saturated rings. The maximum absolute atomic E-state index is 13.6. The Kier molecular flexibility index (Phi) is 5.60. The minimum absolute atomic E-state index is 0.00812. The van der Waals surface area contributed by atoms with E-state index in [1.807, 2.05) is 32.9 Å². The van der Waals surface area contributed by atoms with Crippen LogP contribution in [0.15, 0.2) is 66.9 Å². The van der Waals surface area contributed by atoms with Gasteiger partial charge in [0.05, 0.1) is 10.9 Å². The molecular weight excluding hydrogens is 496 g/mol. The lowest BCUT2D eigenvalue weighted by Crippen LogP contribution is -2.41. The van der Waals surface area contributed by atoms with Gasteiger partial charge in [-0.3, -0.25) is 14.6 Å². The Balaban J connectivity index is 1.18. The molecule has 6 nitrogen and oxygen atoms in total. The highest BCUT2D eigenvalue weighted by atomic mass is 16.2. The minimum Gasteiger partial charge on any atom is -0.337 e. The van der Waals surface area contributed by atoms with Gasteiger partial charge in [-0.15, -0.1) is 0 Å². The highest BCUT2D eigenvalue weighted by Gasteiger charge is 2.51. The minimum atomic E-state index is -0.632. The van der Waals surface area contributed by atoms with Gasteiger partial charge < -0.3 is 10.2 Å². The van der Waals surface area contributed by atoms with Crippen molar-refractivity contribution in [3.63, 3.8) is 0 Å². The summed E-state index contributed by atoms with van der Waals surface area (Å²) in [6, 6.07) is 21.1. The summed E-state index contributed by atoms with van der Waals surface area (Å²) in [5.41, 5.74) is 6.78. The molecule has 1 spiro atoms.